The van der Waals surface area contributed by atoms with Gasteiger partial charge < -0.3 is 14.4 Å². The van der Waals surface area contributed by atoms with Crippen LogP contribution in [0.1, 0.15) is 33.1 Å². The Bertz CT molecular complexity index is 331. The monoisotopic (exact) mass is 284 g/mol. The number of morpholine rings is 1. The minimum Gasteiger partial charge on any atom is -0.466 e. The van der Waals surface area contributed by atoms with E-state index < -0.39 is 0 Å². The van der Waals surface area contributed by atoms with Gasteiger partial charge in [-0.3, -0.25) is 9.69 Å². The van der Waals surface area contributed by atoms with Crippen LogP contribution in [0, 0.1) is 0 Å². The molecule has 2 saturated heterocycles. The van der Waals surface area contributed by atoms with Crippen molar-refractivity contribution in [2.75, 3.05) is 46.5 Å². The van der Waals surface area contributed by atoms with Crippen molar-refractivity contribution in [2.24, 2.45) is 0 Å². The van der Waals surface area contributed by atoms with E-state index in [1.54, 1.807) is 0 Å². The zero-order valence-electron chi connectivity index (χ0n) is 13.1. The highest BCUT2D eigenvalue weighted by Crippen LogP contribution is 2.35. The third kappa shape index (κ3) is 3.51. The fourth-order valence-corrected chi connectivity index (χ4v) is 3.49. The second-order valence-corrected chi connectivity index (χ2v) is 6.09. The summed E-state index contributed by atoms with van der Waals surface area (Å²) < 4.78 is 10.7. The molecule has 0 aliphatic carbocycles. The normalized spacial score (nSPS) is 33.0. The van der Waals surface area contributed by atoms with Crippen molar-refractivity contribution >= 4 is 5.97 Å². The van der Waals surface area contributed by atoms with Crippen LogP contribution in [0.4, 0.5) is 0 Å². The van der Waals surface area contributed by atoms with E-state index in [1.165, 1.54) is 0 Å². The van der Waals surface area contributed by atoms with Crippen molar-refractivity contribution in [2.45, 2.75) is 44.7 Å². The van der Waals surface area contributed by atoms with E-state index in [2.05, 4.69) is 23.8 Å². The van der Waals surface area contributed by atoms with Gasteiger partial charge in [-0.25, -0.2) is 0 Å². The van der Waals surface area contributed by atoms with Crippen LogP contribution in [0.2, 0.25) is 0 Å². The molecule has 0 aromatic rings. The first kappa shape index (κ1) is 15.7. The van der Waals surface area contributed by atoms with E-state index in [-0.39, 0.29) is 11.5 Å². The van der Waals surface area contributed by atoms with E-state index >= 15 is 0 Å². The molecule has 0 N–H and O–H groups in total. The maximum absolute atomic E-state index is 12.1. The molecule has 2 aliphatic rings. The quantitative estimate of drug-likeness (QED) is 0.724. The van der Waals surface area contributed by atoms with Gasteiger partial charge in [0.2, 0.25) is 0 Å². The average Bonchev–Trinajstić information content (AvgIpc) is 2.44. The molecule has 0 aromatic heterocycles. The molecule has 0 aromatic carbocycles. The Kier molecular flexibility index (Phi) is 5.41. The second kappa shape index (κ2) is 6.87. The highest BCUT2D eigenvalue weighted by atomic mass is 16.5. The van der Waals surface area contributed by atoms with Gasteiger partial charge in [-0.1, -0.05) is 0 Å². The summed E-state index contributed by atoms with van der Waals surface area (Å²) in [4.78, 5) is 16.9. The van der Waals surface area contributed by atoms with Crippen molar-refractivity contribution in [3.05, 3.63) is 0 Å². The van der Waals surface area contributed by atoms with Crippen LogP contribution in [0.5, 0.6) is 0 Å². The number of carbonyl (C=O) groups excluding carboxylic acids is 1. The van der Waals surface area contributed by atoms with Crippen molar-refractivity contribution in [3.8, 4) is 0 Å². The van der Waals surface area contributed by atoms with Gasteiger partial charge in [0.25, 0.3) is 0 Å². The van der Waals surface area contributed by atoms with Gasteiger partial charge in [-0.05, 0) is 40.3 Å². The number of rotatable bonds is 4. The summed E-state index contributed by atoms with van der Waals surface area (Å²) >= 11 is 0. The van der Waals surface area contributed by atoms with Crippen molar-refractivity contribution in [1.82, 2.24) is 9.80 Å². The van der Waals surface area contributed by atoms with Gasteiger partial charge in [0.05, 0.1) is 26.2 Å². The van der Waals surface area contributed by atoms with Crippen LogP contribution in [-0.4, -0.2) is 73.9 Å². The molecule has 2 unspecified atom stereocenters. The lowest BCUT2D eigenvalue weighted by atomic mass is 9.79. The first-order valence-corrected chi connectivity index (χ1v) is 7.76. The number of likely N-dealkylation sites (tertiary alicyclic amines) is 1. The Labute approximate surface area is 122 Å². The lowest BCUT2D eigenvalue weighted by Crippen LogP contribution is -2.60. The summed E-state index contributed by atoms with van der Waals surface area (Å²) in [6.07, 6.45) is 2.58. The van der Waals surface area contributed by atoms with Crippen LogP contribution in [0.15, 0.2) is 0 Å². The summed E-state index contributed by atoms with van der Waals surface area (Å²) in [7, 11) is 2.16. The molecule has 5 heteroatoms. The third-order valence-corrected chi connectivity index (χ3v) is 4.82. The number of carbonyl (C=O) groups is 1. The van der Waals surface area contributed by atoms with Gasteiger partial charge in [0.1, 0.15) is 0 Å². The molecule has 2 atom stereocenters. The predicted molar refractivity (Wildman–Crippen MR) is 77.7 cm³/mol. The molecule has 116 valence electrons. The largest absolute Gasteiger partial charge is 0.466 e. The lowest BCUT2D eigenvalue weighted by Gasteiger charge is -2.51. The van der Waals surface area contributed by atoms with E-state index in [0.29, 0.717) is 19.1 Å². The first-order valence-electron chi connectivity index (χ1n) is 7.76. The first-order chi connectivity index (χ1) is 9.57. The molecule has 0 amide bonds. The highest BCUT2D eigenvalue weighted by molar-refractivity contribution is 5.71. The summed E-state index contributed by atoms with van der Waals surface area (Å²) in [6.45, 7) is 9.02. The molecule has 0 radical (unpaired) electrons. The summed E-state index contributed by atoms with van der Waals surface area (Å²) in [5, 5.41) is 0. The number of nitrogens with zero attached hydrogens (tertiary/aromatic N) is 2. The Balaban J connectivity index is 2.11. The molecular weight excluding hydrogens is 256 g/mol. The standard InChI is InChI=1S/C15H28N2O3/c1-4-20-14(18)12-15(17-7-9-19-10-8-17)5-6-16(3)13(2)11-15/h13H,4-12H2,1-3H3. The Morgan fingerprint density at radius 1 is 1.35 bits per heavy atom. The zero-order chi connectivity index (χ0) is 14.6. The van der Waals surface area contributed by atoms with E-state index in [4.69, 9.17) is 9.47 Å². The van der Waals surface area contributed by atoms with E-state index in [0.717, 1.165) is 45.7 Å². The zero-order valence-corrected chi connectivity index (χ0v) is 13.1. The van der Waals surface area contributed by atoms with Crippen molar-refractivity contribution in [1.29, 1.82) is 0 Å². The second-order valence-electron chi connectivity index (χ2n) is 6.09. The maximum atomic E-state index is 12.1. The van der Waals surface area contributed by atoms with E-state index in [1.807, 2.05) is 6.92 Å². The SMILES string of the molecule is CCOC(=O)CC1(N2CCOCC2)CCN(C)C(C)C1. The Hall–Kier alpha value is -0.650. The molecule has 20 heavy (non-hydrogen) atoms. The summed E-state index contributed by atoms with van der Waals surface area (Å²) in [6, 6.07) is 0.501. The maximum Gasteiger partial charge on any atom is 0.307 e. The third-order valence-electron chi connectivity index (χ3n) is 4.82. The van der Waals surface area contributed by atoms with Gasteiger partial charge in [-0.2, -0.15) is 0 Å². The smallest absolute Gasteiger partial charge is 0.307 e. The number of hydrogen-bond acceptors (Lipinski definition) is 5. The minimum absolute atomic E-state index is 0.0397. The molecule has 2 heterocycles. The predicted octanol–water partition coefficient (Wildman–Crippen LogP) is 1.12. The molecule has 0 spiro atoms. The summed E-state index contributed by atoms with van der Waals surface area (Å²) in [5.74, 6) is -0.0595. The lowest BCUT2D eigenvalue weighted by molar-refractivity contribution is -0.150. The van der Waals surface area contributed by atoms with Crippen LogP contribution >= 0.6 is 0 Å². The molecule has 2 rings (SSSR count). The Morgan fingerprint density at radius 2 is 2.05 bits per heavy atom. The van der Waals surface area contributed by atoms with Gasteiger partial charge >= 0.3 is 5.97 Å². The fraction of sp³-hybridized carbons (Fsp3) is 0.933. The molecule has 2 fully saturated rings. The molecule has 2 aliphatic heterocycles. The number of esters is 1. The average molecular weight is 284 g/mol. The van der Waals surface area contributed by atoms with E-state index in [9.17, 15) is 4.79 Å². The molecule has 0 saturated carbocycles. The van der Waals surface area contributed by atoms with Crippen LogP contribution in [-0.2, 0) is 14.3 Å². The van der Waals surface area contributed by atoms with Gasteiger partial charge in [0.15, 0.2) is 0 Å². The minimum atomic E-state index is -0.0595. The number of hydrogen-bond donors (Lipinski definition) is 0. The summed E-state index contributed by atoms with van der Waals surface area (Å²) in [5.41, 5.74) is -0.0397. The Morgan fingerprint density at radius 3 is 2.65 bits per heavy atom. The fourth-order valence-electron chi connectivity index (χ4n) is 3.49. The van der Waals surface area contributed by atoms with Crippen LogP contribution in [0.3, 0.4) is 0 Å². The van der Waals surface area contributed by atoms with Gasteiger partial charge in [-0.15, -0.1) is 0 Å². The van der Waals surface area contributed by atoms with Gasteiger partial charge in [0, 0.05) is 24.7 Å². The molecular formula is C15H28N2O3. The number of ether oxygens (including phenoxy) is 2. The van der Waals surface area contributed by atoms with Crippen molar-refractivity contribution in [3.63, 3.8) is 0 Å². The topological polar surface area (TPSA) is 42.0 Å². The van der Waals surface area contributed by atoms with Crippen LogP contribution in [0.25, 0.3) is 0 Å². The van der Waals surface area contributed by atoms with Crippen molar-refractivity contribution < 1.29 is 14.3 Å². The number of piperidine rings is 1. The molecule has 5 nitrogen and oxygen atoms in total. The van der Waals surface area contributed by atoms with Crippen LogP contribution < -0.4 is 0 Å². The highest BCUT2D eigenvalue weighted by Gasteiger charge is 2.44. The molecule has 0 bridgehead atoms.